The van der Waals surface area contributed by atoms with Crippen LogP contribution in [0, 0.1) is 13.8 Å². The highest BCUT2D eigenvalue weighted by molar-refractivity contribution is 5.99. The highest BCUT2D eigenvalue weighted by Gasteiger charge is 2.16. The van der Waals surface area contributed by atoms with Crippen LogP contribution in [-0.2, 0) is 17.8 Å². The molecule has 5 nitrogen and oxygen atoms in total. The van der Waals surface area contributed by atoms with Gasteiger partial charge in [0.05, 0.1) is 6.04 Å². The highest BCUT2D eigenvalue weighted by atomic mass is 16.4. The van der Waals surface area contributed by atoms with Gasteiger partial charge >= 0.3 is 5.97 Å². The topological polar surface area (TPSA) is 71.3 Å². The van der Waals surface area contributed by atoms with Crippen molar-refractivity contribution in [2.75, 3.05) is 0 Å². The number of fused-ring (bicyclic) bond motifs is 1. The predicted octanol–water partition coefficient (Wildman–Crippen LogP) is 6.94. The molecule has 0 bridgehead atoms. The number of nitrogens with one attached hydrogen (secondary N) is 1. The van der Waals surface area contributed by atoms with Gasteiger partial charge in [0.1, 0.15) is 0 Å². The number of carboxylic acid groups (broad SMARTS) is 1. The molecule has 0 aliphatic rings. The number of rotatable bonds is 9. The second-order valence-electron chi connectivity index (χ2n) is 10.3. The summed E-state index contributed by atoms with van der Waals surface area (Å²) in [5.74, 6) is -0.418. The third kappa shape index (κ3) is 5.93. The molecule has 0 spiro atoms. The van der Waals surface area contributed by atoms with Crippen molar-refractivity contribution in [2.45, 2.75) is 66.0 Å². The number of aryl methyl sites for hydroxylation is 2. The van der Waals surface area contributed by atoms with Crippen molar-refractivity contribution >= 4 is 22.8 Å². The average Bonchev–Trinajstić information content (AvgIpc) is 3.12. The number of aliphatic carboxylic acids is 1. The maximum atomic E-state index is 13.2. The van der Waals surface area contributed by atoms with Gasteiger partial charge in [0, 0.05) is 35.1 Å². The van der Waals surface area contributed by atoms with Gasteiger partial charge in [-0.2, -0.15) is 0 Å². The van der Waals surface area contributed by atoms with E-state index < -0.39 is 5.97 Å². The summed E-state index contributed by atoms with van der Waals surface area (Å²) >= 11 is 0. The van der Waals surface area contributed by atoms with E-state index in [1.54, 1.807) is 0 Å². The first-order valence-corrected chi connectivity index (χ1v) is 12.9. The van der Waals surface area contributed by atoms with E-state index in [0.29, 0.717) is 24.4 Å². The van der Waals surface area contributed by atoms with E-state index in [-0.39, 0.29) is 18.4 Å². The number of carboxylic acids is 1. The number of hydrogen-bond acceptors (Lipinski definition) is 2. The molecule has 37 heavy (non-hydrogen) atoms. The SMILES string of the molecule is Cc1c(C)n(Cc2ccc(CCC(=O)O)cc2)c2ccc(C(=O)NC(C)c3cccc(C(C)C)c3)cc12. The van der Waals surface area contributed by atoms with E-state index in [2.05, 4.69) is 74.0 Å². The fraction of sp³-hybridized carbons (Fsp3) is 0.312. The Kier molecular flexibility index (Phi) is 7.82. The average molecular weight is 497 g/mol. The number of nitrogens with zero attached hydrogens (tertiary/aromatic N) is 1. The van der Waals surface area contributed by atoms with Gasteiger partial charge in [-0.25, -0.2) is 0 Å². The van der Waals surface area contributed by atoms with E-state index >= 15 is 0 Å². The molecule has 1 amide bonds. The molecule has 4 aromatic rings. The number of hydrogen-bond donors (Lipinski definition) is 2. The van der Waals surface area contributed by atoms with Gasteiger partial charge in [0.2, 0.25) is 0 Å². The van der Waals surface area contributed by atoms with E-state index in [9.17, 15) is 9.59 Å². The third-order valence-electron chi connectivity index (χ3n) is 7.32. The van der Waals surface area contributed by atoms with Crippen LogP contribution in [0.1, 0.15) is 83.0 Å². The molecule has 0 saturated heterocycles. The molecule has 1 atom stereocenters. The Bertz CT molecular complexity index is 1430. The molecule has 0 fully saturated rings. The van der Waals surface area contributed by atoms with Crippen molar-refractivity contribution in [3.63, 3.8) is 0 Å². The Hall–Kier alpha value is -3.86. The summed E-state index contributed by atoms with van der Waals surface area (Å²) in [5.41, 5.74) is 8.63. The highest BCUT2D eigenvalue weighted by Crippen LogP contribution is 2.28. The van der Waals surface area contributed by atoms with E-state index in [1.807, 2.05) is 37.3 Å². The van der Waals surface area contributed by atoms with Gasteiger partial charge in [-0.1, -0.05) is 62.4 Å². The summed E-state index contributed by atoms with van der Waals surface area (Å²) < 4.78 is 2.28. The zero-order valence-corrected chi connectivity index (χ0v) is 22.3. The Morgan fingerprint density at radius 1 is 0.892 bits per heavy atom. The van der Waals surface area contributed by atoms with Crippen LogP contribution >= 0.6 is 0 Å². The van der Waals surface area contributed by atoms with Crippen LogP contribution in [0.5, 0.6) is 0 Å². The van der Waals surface area contributed by atoms with Crippen LogP contribution in [0.2, 0.25) is 0 Å². The lowest BCUT2D eigenvalue weighted by molar-refractivity contribution is -0.136. The number of aromatic nitrogens is 1. The van der Waals surface area contributed by atoms with Crippen molar-refractivity contribution in [2.24, 2.45) is 0 Å². The first kappa shape index (κ1) is 26.2. The number of benzene rings is 3. The van der Waals surface area contributed by atoms with E-state index in [1.165, 1.54) is 16.8 Å². The summed E-state index contributed by atoms with van der Waals surface area (Å²) in [4.78, 5) is 24.0. The van der Waals surface area contributed by atoms with Crippen molar-refractivity contribution in [1.82, 2.24) is 9.88 Å². The molecule has 0 aliphatic carbocycles. The number of amides is 1. The molecule has 4 rings (SSSR count). The standard InChI is InChI=1S/C32H36N2O3/c1-20(2)26-7-6-8-27(17-26)22(4)33-32(37)28-14-15-30-29(18-28)21(3)23(5)34(30)19-25-11-9-24(10-12-25)13-16-31(35)36/h6-12,14-15,17-18,20,22H,13,16,19H2,1-5H3,(H,33,37)(H,35,36). The molecule has 0 saturated carbocycles. The van der Waals surface area contributed by atoms with Crippen molar-refractivity contribution in [1.29, 1.82) is 0 Å². The van der Waals surface area contributed by atoms with Crippen LogP contribution in [-0.4, -0.2) is 21.6 Å². The molecule has 1 heterocycles. The molecule has 5 heteroatoms. The van der Waals surface area contributed by atoms with E-state index in [4.69, 9.17) is 5.11 Å². The Balaban J connectivity index is 1.53. The van der Waals surface area contributed by atoms with Gasteiger partial charge in [0.15, 0.2) is 0 Å². The summed E-state index contributed by atoms with van der Waals surface area (Å²) in [5, 5.41) is 13.2. The zero-order chi connectivity index (χ0) is 26.7. The molecule has 2 N–H and O–H groups in total. The zero-order valence-electron chi connectivity index (χ0n) is 22.3. The van der Waals surface area contributed by atoms with Gasteiger partial charge in [0.25, 0.3) is 5.91 Å². The Morgan fingerprint density at radius 3 is 2.24 bits per heavy atom. The quantitative estimate of drug-likeness (QED) is 0.264. The van der Waals surface area contributed by atoms with Gasteiger partial charge < -0.3 is 15.0 Å². The van der Waals surface area contributed by atoms with Crippen molar-refractivity contribution in [3.8, 4) is 0 Å². The smallest absolute Gasteiger partial charge is 0.303 e. The molecular weight excluding hydrogens is 460 g/mol. The minimum atomic E-state index is -0.781. The normalized spacial score (nSPS) is 12.2. The van der Waals surface area contributed by atoms with Gasteiger partial charge in [-0.15, -0.1) is 0 Å². The van der Waals surface area contributed by atoms with Crippen molar-refractivity contribution < 1.29 is 14.7 Å². The minimum absolute atomic E-state index is 0.0777. The van der Waals surface area contributed by atoms with Crippen LogP contribution in [0.3, 0.4) is 0 Å². The van der Waals surface area contributed by atoms with Gasteiger partial charge in [-0.05, 0) is 79.1 Å². The van der Waals surface area contributed by atoms with Crippen LogP contribution in [0.25, 0.3) is 10.9 Å². The fourth-order valence-electron chi connectivity index (χ4n) is 4.79. The summed E-state index contributed by atoms with van der Waals surface area (Å²) in [7, 11) is 0. The number of carbonyl (C=O) groups is 2. The molecule has 0 radical (unpaired) electrons. The first-order chi connectivity index (χ1) is 17.6. The summed E-state index contributed by atoms with van der Waals surface area (Å²) in [6, 6.07) is 22.4. The van der Waals surface area contributed by atoms with Gasteiger partial charge in [-0.3, -0.25) is 9.59 Å². The minimum Gasteiger partial charge on any atom is -0.481 e. The maximum Gasteiger partial charge on any atom is 0.303 e. The van der Waals surface area contributed by atoms with Crippen molar-refractivity contribution in [3.05, 3.63) is 106 Å². The Labute approximate surface area is 219 Å². The molecule has 3 aromatic carbocycles. The largest absolute Gasteiger partial charge is 0.481 e. The molecular formula is C32H36N2O3. The van der Waals surface area contributed by atoms with Crippen LogP contribution < -0.4 is 5.32 Å². The fourth-order valence-corrected chi connectivity index (χ4v) is 4.79. The second-order valence-corrected chi connectivity index (χ2v) is 10.3. The third-order valence-corrected chi connectivity index (χ3v) is 7.32. The lowest BCUT2D eigenvalue weighted by atomic mass is 9.98. The number of carbonyl (C=O) groups excluding carboxylic acids is 1. The molecule has 1 aromatic heterocycles. The monoisotopic (exact) mass is 496 g/mol. The Morgan fingerprint density at radius 2 is 1.57 bits per heavy atom. The molecule has 0 aliphatic heterocycles. The predicted molar refractivity (Wildman–Crippen MR) is 149 cm³/mol. The van der Waals surface area contributed by atoms with E-state index in [0.717, 1.165) is 27.6 Å². The second kappa shape index (κ2) is 11.0. The summed E-state index contributed by atoms with van der Waals surface area (Å²) in [6.07, 6.45) is 0.672. The summed E-state index contributed by atoms with van der Waals surface area (Å²) in [6.45, 7) is 11.3. The molecule has 1 unspecified atom stereocenters. The lowest BCUT2D eigenvalue weighted by Gasteiger charge is -2.16. The maximum absolute atomic E-state index is 13.2. The first-order valence-electron chi connectivity index (χ1n) is 12.9. The lowest BCUT2D eigenvalue weighted by Crippen LogP contribution is -2.26. The van der Waals surface area contributed by atoms with Crippen LogP contribution in [0.15, 0.2) is 66.7 Å². The van der Waals surface area contributed by atoms with Crippen LogP contribution in [0.4, 0.5) is 0 Å². The molecule has 192 valence electrons.